The number of hydrogen-bond acceptors (Lipinski definition) is 3. The number of nitrogens with zero attached hydrogens (tertiary/aromatic N) is 1. The van der Waals surface area contributed by atoms with Crippen LogP contribution >= 0.6 is 11.6 Å². The molecular weight excluding hydrogens is 512 g/mol. The highest BCUT2D eigenvalue weighted by Gasteiger charge is 2.44. The van der Waals surface area contributed by atoms with E-state index in [4.69, 9.17) is 16.6 Å². The SMILES string of the molecule is Cc1ccc(C[C@@](NCNC2CCCC2)(c2cc(C)cc(C(F)(F)C3CCCC3)c2)c2ccc(Cl)cn2)cc1. The van der Waals surface area contributed by atoms with Gasteiger partial charge < -0.3 is 5.32 Å². The molecule has 2 saturated carbocycles. The molecule has 3 nitrogen and oxygen atoms in total. The van der Waals surface area contributed by atoms with E-state index >= 15 is 8.78 Å². The molecule has 39 heavy (non-hydrogen) atoms. The van der Waals surface area contributed by atoms with Crippen LogP contribution in [0.2, 0.25) is 5.02 Å². The van der Waals surface area contributed by atoms with Gasteiger partial charge in [-0.25, -0.2) is 8.78 Å². The summed E-state index contributed by atoms with van der Waals surface area (Å²) in [5.41, 5.74) is 3.96. The Morgan fingerprint density at radius 3 is 2.18 bits per heavy atom. The third-order valence-electron chi connectivity index (χ3n) is 8.71. The average Bonchev–Trinajstić information content (AvgIpc) is 3.65. The van der Waals surface area contributed by atoms with Crippen molar-refractivity contribution in [3.63, 3.8) is 0 Å². The molecule has 0 amide bonds. The van der Waals surface area contributed by atoms with E-state index in [2.05, 4.69) is 41.8 Å². The molecule has 3 aromatic rings. The van der Waals surface area contributed by atoms with Gasteiger partial charge in [-0.05, 0) is 68.9 Å². The molecule has 2 N–H and O–H groups in total. The van der Waals surface area contributed by atoms with E-state index in [1.165, 1.54) is 18.4 Å². The average molecular weight is 552 g/mol. The summed E-state index contributed by atoms with van der Waals surface area (Å²) in [4.78, 5) is 4.78. The van der Waals surface area contributed by atoms with Crippen molar-refractivity contribution >= 4 is 11.6 Å². The first-order valence-electron chi connectivity index (χ1n) is 14.4. The van der Waals surface area contributed by atoms with E-state index in [9.17, 15) is 0 Å². The maximum atomic E-state index is 15.9. The minimum Gasteiger partial charge on any atom is -0.302 e. The Labute approximate surface area is 236 Å². The van der Waals surface area contributed by atoms with Crippen molar-refractivity contribution in [2.75, 3.05) is 6.67 Å². The molecule has 2 aliphatic carbocycles. The fourth-order valence-electron chi connectivity index (χ4n) is 6.46. The van der Waals surface area contributed by atoms with Crippen molar-refractivity contribution in [3.05, 3.63) is 99.3 Å². The predicted octanol–water partition coefficient (Wildman–Crippen LogP) is 8.20. The van der Waals surface area contributed by atoms with Gasteiger partial charge in [0.15, 0.2) is 0 Å². The van der Waals surface area contributed by atoms with Crippen molar-refractivity contribution in [2.45, 2.75) is 89.1 Å². The zero-order valence-corrected chi connectivity index (χ0v) is 23.8. The van der Waals surface area contributed by atoms with Crippen LogP contribution in [0.1, 0.15) is 84.9 Å². The first-order valence-corrected chi connectivity index (χ1v) is 14.8. The van der Waals surface area contributed by atoms with E-state index in [0.717, 1.165) is 48.1 Å². The molecule has 0 aliphatic heterocycles. The molecular formula is C33H40ClF2N3. The summed E-state index contributed by atoms with van der Waals surface area (Å²) >= 11 is 6.26. The standard InChI is InChI=1S/C33H40ClF2N3/c1-23-11-13-25(14-12-23)20-32(31-16-15-29(34)21-37-31,39-22-38-30-9-5-6-10-30)27-17-24(2)18-28(19-27)33(35,36)26-7-3-4-8-26/h11-19,21,26,30,38-39H,3-10,20,22H2,1-2H3/t32-/m1/s1. The predicted molar refractivity (Wildman–Crippen MR) is 155 cm³/mol. The monoisotopic (exact) mass is 551 g/mol. The van der Waals surface area contributed by atoms with Crippen LogP contribution in [0.4, 0.5) is 8.78 Å². The highest BCUT2D eigenvalue weighted by atomic mass is 35.5. The fourth-order valence-corrected chi connectivity index (χ4v) is 6.57. The summed E-state index contributed by atoms with van der Waals surface area (Å²) in [6, 6.07) is 18.1. The van der Waals surface area contributed by atoms with Crippen LogP contribution < -0.4 is 10.6 Å². The second-order valence-electron chi connectivity index (χ2n) is 11.7. The van der Waals surface area contributed by atoms with Gasteiger partial charge in [0.2, 0.25) is 0 Å². The molecule has 2 fully saturated rings. The van der Waals surface area contributed by atoms with Gasteiger partial charge in [-0.15, -0.1) is 0 Å². The molecule has 2 aromatic carbocycles. The summed E-state index contributed by atoms with van der Waals surface area (Å²) in [7, 11) is 0. The molecule has 0 bridgehead atoms. The van der Waals surface area contributed by atoms with E-state index in [1.807, 2.05) is 25.1 Å². The highest BCUT2D eigenvalue weighted by Crippen LogP contribution is 2.46. The van der Waals surface area contributed by atoms with Gasteiger partial charge in [0.05, 0.1) is 16.3 Å². The Bertz CT molecular complexity index is 1230. The molecule has 6 heteroatoms. The summed E-state index contributed by atoms with van der Waals surface area (Å²) in [6.45, 7) is 4.53. The van der Waals surface area contributed by atoms with E-state index in [0.29, 0.717) is 37.0 Å². The van der Waals surface area contributed by atoms with Gasteiger partial charge >= 0.3 is 0 Å². The lowest BCUT2D eigenvalue weighted by Gasteiger charge is -2.37. The van der Waals surface area contributed by atoms with Crippen molar-refractivity contribution in [3.8, 4) is 0 Å². The fraction of sp³-hybridized carbons (Fsp3) is 0.485. The molecule has 1 aromatic heterocycles. The number of pyridine rings is 1. The van der Waals surface area contributed by atoms with Gasteiger partial charge in [-0.2, -0.15) is 0 Å². The van der Waals surface area contributed by atoms with Crippen LogP contribution in [0, 0.1) is 19.8 Å². The molecule has 0 unspecified atom stereocenters. The van der Waals surface area contributed by atoms with Crippen LogP contribution in [0.25, 0.3) is 0 Å². The van der Waals surface area contributed by atoms with Crippen molar-refractivity contribution in [1.29, 1.82) is 0 Å². The van der Waals surface area contributed by atoms with Gasteiger partial charge in [0.25, 0.3) is 5.92 Å². The minimum atomic E-state index is -2.87. The Morgan fingerprint density at radius 1 is 0.846 bits per heavy atom. The van der Waals surface area contributed by atoms with E-state index in [-0.39, 0.29) is 5.56 Å². The number of hydrogen-bond donors (Lipinski definition) is 2. The summed E-state index contributed by atoms with van der Waals surface area (Å²) < 4.78 is 31.9. The Balaban J connectivity index is 1.62. The lowest BCUT2D eigenvalue weighted by molar-refractivity contribution is -0.0627. The van der Waals surface area contributed by atoms with Crippen molar-refractivity contribution in [1.82, 2.24) is 15.6 Å². The normalized spacial score (nSPS) is 18.5. The highest BCUT2D eigenvalue weighted by molar-refractivity contribution is 6.30. The number of alkyl halides is 2. The van der Waals surface area contributed by atoms with Gasteiger partial charge in [0, 0.05) is 36.8 Å². The first kappa shape index (κ1) is 28.2. The number of rotatable bonds is 10. The number of halogens is 3. The molecule has 1 atom stereocenters. The van der Waals surface area contributed by atoms with Crippen molar-refractivity contribution < 1.29 is 8.78 Å². The second kappa shape index (κ2) is 12.0. The summed E-state index contributed by atoms with van der Waals surface area (Å²) in [6.07, 6.45) is 9.91. The molecule has 5 rings (SSSR count). The number of aromatic nitrogens is 1. The second-order valence-corrected chi connectivity index (χ2v) is 12.1. The smallest absolute Gasteiger partial charge is 0.276 e. The van der Waals surface area contributed by atoms with Gasteiger partial charge in [-0.1, -0.05) is 84.8 Å². The van der Waals surface area contributed by atoms with Crippen LogP contribution in [-0.4, -0.2) is 17.7 Å². The minimum absolute atomic E-state index is 0.109. The zero-order valence-electron chi connectivity index (χ0n) is 23.1. The third kappa shape index (κ3) is 6.37. The summed E-state index contributed by atoms with van der Waals surface area (Å²) in [5, 5.41) is 8.01. The van der Waals surface area contributed by atoms with Crippen molar-refractivity contribution in [2.24, 2.45) is 5.92 Å². The molecule has 1 heterocycles. The molecule has 0 saturated heterocycles. The Hall–Kier alpha value is -2.34. The first-order chi connectivity index (χ1) is 18.8. The maximum Gasteiger partial charge on any atom is 0.276 e. The molecule has 208 valence electrons. The Kier molecular flexibility index (Phi) is 8.70. The maximum absolute atomic E-state index is 15.9. The van der Waals surface area contributed by atoms with Crippen LogP contribution in [-0.2, 0) is 17.9 Å². The Morgan fingerprint density at radius 2 is 1.51 bits per heavy atom. The number of nitrogens with one attached hydrogen (secondary N) is 2. The van der Waals surface area contributed by atoms with Crippen LogP contribution in [0.15, 0.2) is 60.8 Å². The summed E-state index contributed by atoms with van der Waals surface area (Å²) in [5.74, 6) is -3.48. The molecule has 0 radical (unpaired) electrons. The lowest BCUT2D eigenvalue weighted by Crippen LogP contribution is -2.51. The lowest BCUT2D eigenvalue weighted by atomic mass is 9.78. The number of benzene rings is 2. The topological polar surface area (TPSA) is 37.0 Å². The zero-order chi connectivity index (χ0) is 27.5. The van der Waals surface area contributed by atoms with Crippen LogP contribution in [0.3, 0.4) is 0 Å². The van der Waals surface area contributed by atoms with Gasteiger partial charge in [0.1, 0.15) is 0 Å². The molecule has 2 aliphatic rings. The third-order valence-corrected chi connectivity index (χ3v) is 8.94. The van der Waals surface area contributed by atoms with Crippen LogP contribution in [0.5, 0.6) is 0 Å². The quantitative estimate of drug-likeness (QED) is 0.249. The van der Waals surface area contributed by atoms with E-state index in [1.54, 1.807) is 18.3 Å². The molecule has 0 spiro atoms. The van der Waals surface area contributed by atoms with E-state index < -0.39 is 17.4 Å². The number of aryl methyl sites for hydroxylation is 2. The largest absolute Gasteiger partial charge is 0.302 e. The van der Waals surface area contributed by atoms with Gasteiger partial charge in [-0.3, -0.25) is 10.3 Å².